The van der Waals surface area contributed by atoms with E-state index in [1.807, 2.05) is 36.1 Å². The Kier molecular flexibility index (Phi) is 4.41. The number of aromatic nitrogens is 2. The smallest absolute Gasteiger partial charge is 0.266 e. The van der Waals surface area contributed by atoms with E-state index >= 15 is 0 Å². The molecule has 23 heavy (non-hydrogen) atoms. The van der Waals surface area contributed by atoms with Crippen molar-refractivity contribution in [1.82, 2.24) is 10.2 Å². The molecule has 1 saturated heterocycles. The molecule has 0 spiro atoms. The summed E-state index contributed by atoms with van der Waals surface area (Å²) in [6.45, 7) is 3.41. The summed E-state index contributed by atoms with van der Waals surface area (Å²) in [5.41, 5.74) is 2.44. The van der Waals surface area contributed by atoms with Crippen LogP contribution in [0.2, 0.25) is 0 Å². The molecule has 6 heteroatoms. The van der Waals surface area contributed by atoms with Gasteiger partial charge < -0.3 is 10.2 Å². The van der Waals surface area contributed by atoms with Gasteiger partial charge in [0.2, 0.25) is 5.91 Å². The quantitative estimate of drug-likeness (QED) is 0.908. The summed E-state index contributed by atoms with van der Waals surface area (Å²) in [6.07, 6.45) is 3.40. The van der Waals surface area contributed by atoms with Gasteiger partial charge in [0.05, 0.1) is 17.8 Å². The number of carbonyl (C=O) groups is 1. The predicted octanol–water partition coefficient (Wildman–Crippen LogP) is 1.93. The van der Waals surface area contributed by atoms with Crippen LogP contribution in [-0.4, -0.2) is 29.2 Å². The van der Waals surface area contributed by atoms with E-state index in [1.54, 1.807) is 6.20 Å². The van der Waals surface area contributed by atoms with Crippen LogP contribution in [0, 0.1) is 12.8 Å². The van der Waals surface area contributed by atoms with Crippen molar-refractivity contribution in [2.45, 2.75) is 19.8 Å². The number of H-pyrrole nitrogens is 1. The molecule has 1 aromatic heterocycles. The van der Waals surface area contributed by atoms with Crippen LogP contribution in [0.5, 0.6) is 0 Å². The van der Waals surface area contributed by atoms with Crippen molar-refractivity contribution in [1.29, 1.82) is 0 Å². The Labute approximate surface area is 134 Å². The third-order valence-corrected chi connectivity index (χ3v) is 4.21. The largest absolute Gasteiger partial charge is 0.369 e. The number of amides is 1. The monoisotopic (exact) mass is 312 g/mol. The molecule has 0 aliphatic carbocycles. The average molecular weight is 312 g/mol. The number of para-hydroxylation sites is 1. The Morgan fingerprint density at radius 2 is 2.22 bits per heavy atom. The molecule has 1 aliphatic rings. The number of nitrogens with one attached hydrogen (secondary N) is 2. The summed E-state index contributed by atoms with van der Waals surface area (Å²) in [5.74, 6) is -0.0653. The maximum absolute atomic E-state index is 12.5. The lowest BCUT2D eigenvalue weighted by molar-refractivity contribution is -0.120. The highest BCUT2D eigenvalue weighted by atomic mass is 16.2. The van der Waals surface area contributed by atoms with Crippen LogP contribution in [0.3, 0.4) is 0 Å². The second-order valence-electron chi connectivity index (χ2n) is 5.89. The van der Waals surface area contributed by atoms with Gasteiger partial charge >= 0.3 is 0 Å². The molecule has 0 radical (unpaired) electrons. The Morgan fingerprint density at radius 3 is 3.00 bits per heavy atom. The van der Waals surface area contributed by atoms with Gasteiger partial charge in [-0.1, -0.05) is 18.2 Å². The van der Waals surface area contributed by atoms with Gasteiger partial charge in [-0.05, 0) is 31.4 Å². The Balaban J connectivity index is 1.70. The normalized spacial score (nSPS) is 17.8. The lowest BCUT2D eigenvalue weighted by Crippen LogP contribution is -2.41. The standard InChI is InChI=1S/C17H20N4O2/c1-12-5-2-3-7-15(12)19-17(23)13-6-4-8-21(11-13)14-9-16(22)20-18-10-14/h2-3,5,7,9-10,13H,4,6,8,11H2,1H3,(H,19,23)(H,20,22)/t13-/m1/s1. The second-order valence-corrected chi connectivity index (χ2v) is 5.89. The van der Waals surface area contributed by atoms with Crippen molar-refractivity contribution in [2.24, 2.45) is 5.92 Å². The molecule has 1 amide bonds. The van der Waals surface area contributed by atoms with E-state index in [0.717, 1.165) is 36.3 Å². The summed E-state index contributed by atoms with van der Waals surface area (Å²) >= 11 is 0. The first-order valence-electron chi connectivity index (χ1n) is 7.79. The van der Waals surface area contributed by atoms with Crippen LogP contribution in [0.1, 0.15) is 18.4 Å². The minimum Gasteiger partial charge on any atom is -0.369 e. The van der Waals surface area contributed by atoms with Crippen LogP contribution in [0.4, 0.5) is 11.4 Å². The lowest BCUT2D eigenvalue weighted by Gasteiger charge is -2.33. The molecule has 0 saturated carbocycles. The van der Waals surface area contributed by atoms with Crippen LogP contribution >= 0.6 is 0 Å². The van der Waals surface area contributed by atoms with Gasteiger partial charge in [-0.15, -0.1) is 0 Å². The molecule has 1 fully saturated rings. The zero-order valence-corrected chi connectivity index (χ0v) is 13.1. The van der Waals surface area contributed by atoms with Crippen molar-refractivity contribution in [3.8, 4) is 0 Å². The van der Waals surface area contributed by atoms with Gasteiger partial charge in [-0.2, -0.15) is 5.10 Å². The van der Waals surface area contributed by atoms with E-state index in [9.17, 15) is 9.59 Å². The molecule has 0 unspecified atom stereocenters. The number of benzene rings is 1. The van der Waals surface area contributed by atoms with Crippen molar-refractivity contribution in [3.05, 3.63) is 52.4 Å². The SMILES string of the molecule is Cc1ccccc1NC(=O)[C@@H]1CCCN(c2cn[nH]c(=O)c2)C1. The third kappa shape index (κ3) is 3.59. The fraction of sp³-hybridized carbons (Fsp3) is 0.353. The Bertz CT molecular complexity index is 756. The molecule has 1 atom stereocenters. The number of rotatable bonds is 3. The van der Waals surface area contributed by atoms with Crippen LogP contribution in [0.25, 0.3) is 0 Å². The van der Waals surface area contributed by atoms with Gasteiger partial charge in [-0.25, -0.2) is 5.10 Å². The van der Waals surface area contributed by atoms with E-state index in [0.29, 0.717) is 6.54 Å². The van der Waals surface area contributed by atoms with Gasteiger partial charge in [-0.3, -0.25) is 9.59 Å². The summed E-state index contributed by atoms with van der Waals surface area (Å²) in [7, 11) is 0. The molecule has 3 rings (SSSR count). The highest BCUT2D eigenvalue weighted by Crippen LogP contribution is 2.23. The number of carbonyl (C=O) groups excluding carboxylic acids is 1. The van der Waals surface area contributed by atoms with Gasteiger partial charge in [0, 0.05) is 24.8 Å². The number of hydrogen-bond donors (Lipinski definition) is 2. The minimum absolute atomic E-state index is 0.0294. The molecule has 6 nitrogen and oxygen atoms in total. The van der Waals surface area contributed by atoms with Gasteiger partial charge in [0.25, 0.3) is 5.56 Å². The highest BCUT2D eigenvalue weighted by molar-refractivity contribution is 5.93. The summed E-state index contributed by atoms with van der Waals surface area (Å²) in [6, 6.07) is 9.28. The molecule has 2 heterocycles. The number of aryl methyl sites for hydroxylation is 1. The molecule has 2 N–H and O–H groups in total. The minimum atomic E-state index is -0.228. The first-order valence-corrected chi connectivity index (χ1v) is 7.79. The van der Waals surface area contributed by atoms with Crippen molar-refractivity contribution >= 4 is 17.3 Å². The molecular formula is C17H20N4O2. The van der Waals surface area contributed by atoms with Crippen LogP contribution in [-0.2, 0) is 4.79 Å². The maximum Gasteiger partial charge on any atom is 0.266 e. The van der Waals surface area contributed by atoms with Crippen molar-refractivity contribution < 1.29 is 4.79 Å². The summed E-state index contributed by atoms with van der Waals surface area (Å²) in [5, 5.41) is 9.22. The first-order chi connectivity index (χ1) is 11.1. The molecule has 120 valence electrons. The molecule has 2 aromatic rings. The average Bonchev–Trinajstić information content (AvgIpc) is 2.57. The second kappa shape index (κ2) is 6.64. The number of nitrogens with zero attached hydrogens (tertiary/aromatic N) is 2. The highest BCUT2D eigenvalue weighted by Gasteiger charge is 2.26. The number of hydrogen-bond acceptors (Lipinski definition) is 4. The molecule has 1 aromatic carbocycles. The third-order valence-electron chi connectivity index (χ3n) is 4.21. The number of piperidine rings is 1. The van der Waals surface area contributed by atoms with Crippen LogP contribution < -0.4 is 15.8 Å². The topological polar surface area (TPSA) is 78.1 Å². The summed E-state index contributed by atoms with van der Waals surface area (Å²) in [4.78, 5) is 26.0. The fourth-order valence-electron chi connectivity index (χ4n) is 2.91. The van der Waals surface area contributed by atoms with Crippen molar-refractivity contribution in [3.63, 3.8) is 0 Å². The van der Waals surface area contributed by atoms with E-state index in [1.165, 1.54) is 6.07 Å². The van der Waals surface area contributed by atoms with Gasteiger partial charge in [0.1, 0.15) is 0 Å². The zero-order chi connectivity index (χ0) is 16.2. The number of aromatic amines is 1. The predicted molar refractivity (Wildman–Crippen MR) is 89.6 cm³/mol. The first kappa shape index (κ1) is 15.3. The fourth-order valence-corrected chi connectivity index (χ4v) is 2.91. The lowest BCUT2D eigenvalue weighted by atomic mass is 9.96. The van der Waals surface area contributed by atoms with Crippen molar-refractivity contribution in [2.75, 3.05) is 23.3 Å². The Morgan fingerprint density at radius 1 is 1.39 bits per heavy atom. The van der Waals surface area contributed by atoms with Crippen LogP contribution in [0.15, 0.2) is 41.3 Å². The number of anilines is 2. The molecular weight excluding hydrogens is 292 g/mol. The molecule has 1 aliphatic heterocycles. The van der Waals surface area contributed by atoms with E-state index < -0.39 is 0 Å². The Hall–Kier alpha value is -2.63. The zero-order valence-electron chi connectivity index (χ0n) is 13.1. The van der Waals surface area contributed by atoms with E-state index in [4.69, 9.17) is 0 Å². The van der Waals surface area contributed by atoms with Gasteiger partial charge in [0.15, 0.2) is 0 Å². The summed E-state index contributed by atoms with van der Waals surface area (Å²) < 4.78 is 0. The maximum atomic E-state index is 12.5. The van der Waals surface area contributed by atoms with E-state index in [-0.39, 0.29) is 17.4 Å². The van der Waals surface area contributed by atoms with E-state index in [2.05, 4.69) is 15.5 Å². The molecule has 0 bridgehead atoms.